The molecule has 5 N–H and O–H groups in total. The highest BCUT2D eigenvalue weighted by molar-refractivity contribution is 6.40. The van der Waals surface area contributed by atoms with Crippen molar-refractivity contribution < 1.29 is 0 Å². The highest BCUT2D eigenvalue weighted by Gasteiger charge is 2.43. The van der Waals surface area contributed by atoms with Gasteiger partial charge < -0.3 is 16.8 Å². The Kier molecular flexibility index (Phi) is 3.36. The summed E-state index contributed by atoms with van der Waals surface area (Å²) in [4.78, 5) is 21.9. The van der Waals surface area contributed by atoms with E-state index in [1.165, 1.54) is 0 Å². The second kappa shape index (κ2) is 5.61. The zero-order valence-corrected chi connectivity index (χ0v) is 14.0. The monoisotopic (exact) mass is 357 g/mol. The number of aromatic nitrogens is 2. The number of rotatable bonds is 0. The normalized spacial score (nSPS) is 25.1. The number of nitrogens with one attached hydrogen (secondary N) is 1. The lowest BCUT2D eigenvalue weighted by Crippen LogP contribution is -2.48. The van der Waals surface area contributed by atoms with Crippen molar-refractivity contribution in [1.82, 2.24) is 15.3 Å². The van der Waals surface area contributed by atoms with Gasteiger partial charge in [0.1, 0.15) is 47.3 Å². The topological polar surface area (TPSA) is 198 Å². The van der Waals surface area contributed by atoms with Gasteiger partial charge in [-0.2, -0.15) is 15.8 Å². The summed E-state index contributed by atoms with van der Waals surface area (Å²) in [5.41, 5.74) is 13.5. The van der Waals surface area contributed by atoms with Crippen molar-refractivity contribution >= 4 is 23.1 Å². The largest absolute Gasteiger partial charge is 0.384 e. The number of hydrogen-bond donors (Lipinski definition) is 3. The summed E-state index contributed by atoms with van der Waals surface area (Å²) in [7, 11) is 0. The van der Waals surface area contributed by atoms with Crippen LogP contribution in [0.25, 0.3) is 5.70 Å². The number of aliphatic imine (C=N–C) groups is 3. The van der Waals surface area contributed by atoms with E-state index in [-0.39, 0.29) is 28.8 Å². The molecule has 1 aromatic heterocycles. The minimum Gasteiger partial charge on any atom is -0.384 e. The molecule has 11 nitrogen and oxygen atoms in total. The Balaban J connectivity index is 2.04. The lowest BCUT2D eigenvalue weighted by Gasteiger charge is -2.36. The molecule has 3 aliphatic rings. The molecule has 0 saturated carbocycles. The highest BCUT2D eigenvalue weighted by atomic mass is 15.2. The minimum absolute atomic E-state index is 0.0600. The third-order valence-electron chi connectivity index (χ3n) is 4.44. The average molecular weight is 357 g/mol. The van der Waals surface area contributed by atoms with Crippen molar-refractivity contribution in [2.24, 2.45) is 26.4 Å². The van der Waals surface area contributed by atoms with Crippen LogP contribution >= 0.6 is 0 Å². The molecule has 3 unspecified atom stereocenters. The molecule has 27 heavy (non-hydrogen) atoms. The van der Waals surface area contributed by atoms with E-state index in [1.807, 2.05) is 18.2 Å². The summed E-state index contributed by atoms with van der Waals surface area (Å²) < 4.78 is 0. The van der Waals surface area contributed by atoms with Crippen LogP contribution in [0.5, 0.6) is 0 Å². The molecule has 0 spiro atoms. The van der Waals surface area contributed by atoms with Crippen molar-refractivity contribution in [3.63, 3.8) is 0 Å². The molecule has 0 saturated heterocycles. The molecule has 0 aromatic carbocycles. The minimum atomic E-state index is -0.827. The van der Waals surface area contributed by atoms with Crippen LogP contribution in [0.15, 0.2) is 20.7 Å². The zero-order chi connectivity index (χ0) is 19.3. The molecule has 0 radical (unpaired) electrons. The van der Waals surface area contributed by atoms with Crippen LogP contribution in [0.3, 0.4) is 0 Å². The average Bonchev–Trinajstić information content (AvgIpc) is 2.68. The van der Waals surface area contributed by atoms with Gasteiger partial charge in [-0.3, -0.25) is 9.98 Å². The Hall–Kier alpha value is -4.30. The number of amidine groups is 2. The fraction of sp³-hybridized carbons (Fsp3) is 0.250. The summed E-state index contributed by atoms with van der Waals surface area (Å²) in [6, 6.07) is 3.69. The quantitative estimate of drug-likeness (QED) is 0.524. The number of fused-ring (bicyclic) bond motifs is 5. The Labute approximate surface area is 153 Å². The SMILES string of the molecule is CC1=NC2C3=C(N=C(N)C(C#N)N3)c3nc(C#N)c(C#N)nc3C2N=C1N. The van der Waals surface area contributed by atoms with Gasteiger partial charge in [-0.05, 0) is 6.92 Å². The summed E-state index contributed by atoms with van der Waals surface area (Å²) in [6.45, 7) is 1.72. The van der Waals surface area contributed by atoms with E-state index in [9.17, 15) is 15.8 Å². The molecule has 11 heteroatoms. The van der Waals surface area contributed by atoms with Gasteiger partial charge in [-0.1, -0.05) is 0 Å². The molecule has 4 rings (SSSR count). The van der Waals surface area contributed by atoms with Crippen molar-refractivity contribution in [2.45, 2.75) is 25.0 Å². The second-order valence-corrected chi connectivity index (χ2v) is 6.00. The van der Waals surface area contributed by atoms with Gasteiger partial charge in [0, 0.05) is 0 Å². The summed E-state index contributed by atoms with van der Waals surface area (Å²) >= 11 is 0. The van der Waals surface area contributed by atoms with E-state index < -0.39 is 18.1 Å². The Bertz CT molecular complexity index is 1130. The van der Waals surface area contributed by atoms with E-state index in [2.05, 4.69) is 30.3 Å². The maximum absolute atomic E-state index is 9.30. The second-order valence-electron chi connectivity index (χ2n) is 6.00. The molecule has 3 atom stereocenters. The van der Waals surface area contributed by atoms with Crippen molar-refractivity contribution in [3.8, 4) is 18.2 Å². The van der Waals surface area contributed by atoms with Crippen LogP contribution in [0.4, 0.5) is 0 Å². The molecular formula is C16H11N11. The maximum atomic E-state index is 9.30. The van der Waals surface area contributed by atoms with Gasteiger partial charge >= 0.3 is 0 Å². The highest BCUT2D eigenvalue weighted by Crippen LogP contribution is 2.42. The Morgan fingerprint density at radius 1 is 1.00 bits per heavy atom. The molecule has 0 amide bonds. The first kappa shape index (κ1) is 16.2. The number of nitrogens with two attached hydrogens (primary N) is 2. The first-order chi connectivity index (χ1) is 13.0. The molecular weight excluding hydrogens is 346 g/mol. The van der Waals surface area contributed by atoms with E-state index in [0.717, 1.165) is 0 Å². The molecule has 3 heterocycles. The molecule has 1 aliphatic carbocycles. The number of nitrogens with zero attached hydrogens (tertiary/aromatic N) is 8. The van der Waals surface area contributed by atoms with Gasteiger partial charge in [-0.25, -0.2) is 15.0 Å². The standard InChI is InChI=1S/C16H11N11/c1-5-15(20)26-13-9(22-5)10-14(27-16(21)8(4-19)25-10)12-11(13)23-6(2-17)7(3-18)24-12/h8-9,13,25H,1H3,(H2,20,26)(H2,21,27). The Morgan fingerprint density at radius 3 is 2.37 bits per heavy atom. The van der Waals surface area contributed by atoms with Crippen LogP contribution in [0.2, 0.25) is 0 Å². The third kappa shape index (κ3) is 2.21. The lowest BCUT2D eigenvalue weighted by atomic mass is 9.89. The van der Waals surface area contributed by atoms with Crippen molar-refractivity contribution in [2.75, 3.05) is 0 Å². The lowest BCUT2D eigenvalue weighted by molar-refractivity contribution is 0.537. The van der Waals surface area contributed by atoms with Crippen LogP contribution in [0.1, 0.15) is 35.7 Å². The first-order valence-corrected chi connectivity index (χ1v) is 7.83. The van der Waals surface area contributed by atoms with Gasteiger partial charge in [0.2, 0.25) is 0 Å². The van der Waals surface area contributed by atoms with Gasteiger partial charge in [-0.15, -0.1) is 0 Å². The summed E-state index contributed by atoms with van der Waals surface area (Å²) in [5.74, 6) is 0.302. The maximum Gasteiger partial charge on any atom is 0.177 e. The van der Waals surface area contributed by atoms with Gasteiger partial charge in [0.15, 0.2) is 17.4 Å². The van der Waals surface area contributed by atoms with Crippen LogP contribution in [-0.4, -0.2) is 39.4 Å². The van der Waals surface area contributed by atoms with Crippen molar-refractivity contribution in [1.29, 1.82) is 15.8 Å². The molecule has 2 aliphatic heterocycles. The molecule has 0 fully saturated rings. The fourth-order valence-electron chi connectivity index (χ4n) is 3.13. The molecule has 130 valence electrons. The first-order valence-electron chi connectivity index (χ1n) is 7.83. The predicted molar refractivity (Wildman–Crippen MR) is 93.8 cm³/mol. The van der Waals surface area contributed by atoms with Crippen LogP contribution in [-0.2, 0) is 0 Å². The smallest absolute Gasteiger partial charge is 0.177 e. The number of nitriles is 3. The van der Waals surface area contributed by atoms with Gasteiger partial charge in [0.25, 0.3) is 0 Å². The number of hydrogen-bond acceptors (Lipinski definition) is 11. The Morgan fingerprint density at radius 2 is 1.70 bits per heavy atom. The van der Waals surface area contributed by atoms with Crippen molar-refractivity contribution in [3.05, 3.63) is 28.5 Å². The van der Waals surface area contributed by atoms with Crippen LogP contribution in [0, 0.1) is 34.0 Å². The third-order valence-corrected chi connectivity index (χ3v) is 4.44. The molecule has 0 bridgehead atoms. The van der Waals surface area contributed by atoms with E-state index in [1.54, 1.807) is 6.92 Å². The summed E-state index contributed by atoms with van der Waals surface area (Å²) in [6.07, 6.45) is 0. The van der Waals surface area contributed by atoms with E-state index >= 15 is 0 Å². The van der Waals surface area contributed by atoms with Gasteiger partial charge in [0.05, 0.1) is 23.2 Å². The van der Waals surface area contributed by atoms with E-state index in [0.29, 0.717) is 22.8 Å². The fourth-order valence-corrected chi connectivity index (χ4v) is 3.13. The van der Waals surface area contributed by atoms with E-state index in [4.69, 9.17) is 11.5 Å². The molecule has 1 aromatic rings. The zero-order valence-electron chi connectivity index (χ0n) is 14.0. The predicted octanol–water partition coefficient (Wildman–Crippen LogP) is -1.00. The summed E-state index contributed by atoms with van der Waals surface area (Å²) in [5, 5.41) is 30.9. The van der Waals surface area contributed by atoms with Crippen LogP contribution < -0.4 is 16.8 Å².